The van der Waals surface area contributed by atoms with E-state index in [-0.39, 0.29) is 23.6 Å². The van der Waals surface area contributed by atoms with Crippen molar-refractivity contribution in [2.24, 2.45) is 5.10 Å². The van der Waals surface area contributed by atoms with Crippen LogP contribution in [0.3, 0.4) is 0 Å². The highest BCUT2D eigenvalue weighted by Gasteiger charge is 2.20. The maximum Gasteiger partial charge on any atom is 0.315 e. The smallest absolute Gasteiger partial charge is 0.315 e. The molecule has 11 nitrogen and oxygen atoms in total. The number of hydrazone groups is 1. The zero-order valence-electron chi connectivity index (χ0n) is 21.0. The van der Waals surface area contributed by atoms with E-state index in [1.165, 1.54) is 12.1 Å². The number of hydrogen-bond acceptors (Lipinski definition) is 8. The zero-order chi connectivity index (χ0) is 27.7. The minimum atomic E-state index is -0.755. The number of nitro groups is 1. The topological polar surface area (TPSA) is 146 Å². The van der Waals surface area contributed by atoms with E-state index in [4.69, 9.17) is 4.74 Å². The van der Waals surface area contributed by atoms with Crippen LogP contribution in [0, 0.1) is 10.1 Å². The van der Waals surface area contributed by atoms with Gasteiger partial charge in [-0.15, -0.1) is 0 Å². The molecule has 0 fully saturated rings. The molecule has 0 saturated heterocycles. The first kappa shape index (κ1) is 27.4. The average molecular weight is 518 g/mol. The predicted octanol–water partition coefficient (Wildman–Crippen LogP) is 3.69. The third kappa shape index (κ3) is 7.17. The molecule has 3 aromatic rings. The molecule has 0 aliphatic heterocycles. The van der Waals surface area contributed by atoms with E-state index in [2.05, 4.69) is 15.8 Å². The molecule has 196 valence electrons. The standard InChI is InChI=1S/C27H27N5O6/c1-4-38-24-16-19(15-23(25(24)33)32(36)37)17-28-30-27(35)22(29-26(34)20-8-6-5-7-9-20)14-18-10-12-21(13-11-18)31(2)3/h5-17,33H,4H2,1-3H3,(H,29,34)(H,30,35). The van der Waals surface area contributed by atoms with Crippen LogP contribution < -0.4 is 20.4 Å². The Kier molecular flexibility index (Phi) is 9.14. The van der Waals surface area contributed by atoms with E-state index in [9.17, 15) is 24.8 Å². The molecule has 3 aromatic carbocycles. The van der Waals surface area contributed by atoms with Gasteiger partial charge in [0.1, 0.15) is 5.70 Å². The van der Waals surface area contributed by atoms with Gasteiger partial charge in [0, 0.05) is 37.0 Å². The second-order valence-electron chi connectivity index (χ2n) is 8.14. The van der Waals surface area contributed by atoms with Gasteiger partial charge in [-0.05, 0) is 48.9 Å². The van der Waals surface area contributed by atoms with E-state index in [0.29, 0.717) is 11.1 Å². The number of aromatic hydroxyl groups is 1. The van der Waals surface area contributed by atoms with Crippen molar-refractivity contribution in [3.8, 4) is 11.5 Å². The molecule has 0 unspecified atom stereocenters. The molecule has 0 heterocycles. The van der Waals surface area contributed by atoms with Gasteiger partial charge >= 0.3 is 5.69 Å². The number of nitrogens with zero attached hydrogens (tertiary/aromatic N) is 3. The first-order valence-electron chi connectivity index (χ1n) is 11.5. The van der Waals surface area contributed by atoms with Crippen molar-refractivity contribution in [1.82, 2.24) is 10.7 Å². The summed E-state index contributed by atoms with van der Waals surface area (Å²) in [5.41, 5.74) is 3.86. The number of benzene rings is 3. The minimum absolute atomic E-state index is 0.0692. The second kappa shape index (κ2) is 12.7. The average Bonchev–Trinajstić information content (AvgIpc) is 2.90. The van der Waals surface area contributed by atoms with Crippen molar-refractivity contribution in [2.45, 2.75) is 6.92 Å². The Bertz CT molecular complexity index is 1370. The largest absolute Gasteiger partial charge is 0.500 e. The summed E-state index contributed by atoms with van der Waals surface area (Å²) in [5.74, 6) is -1.91. The van der Waals surface area contributed by atoms with Crippen LogP contribution in [0.1, 0.15) is 28.4 Å². The van der Waals surface area contributed by atoms with Crippen LogP contribution >= 0.6 is 0 Å². The summed E-state index contributed by atoms with van der Waals surface area (Å²) in [4.78, 5) is 38.2. The Morgan fingerprint density at radius 2 is 1.76 bits per heavy atom. The molecule has 11 heteroatoms. The first-order valence-corrected chi connectivity index (χ1v) is 11.5. The predicted molar refractivity (Wildman–Crippen MR) is 144 cm³/mol. The highest BCUT2D eigenvalue weighted by atomic mass is 16.6. The highest BCUT2D eigenvalue weighted by molar-refractivity contribution is 6.05. The van der Waals surface area contributed by atoms with Gasteiger partial charge in [0.15, 0.2) is 5.75 Å². The number of amides is 2. The van der Waals surface area contributed by atoms with E-state index in [1.54, 1.807) is 49.4 Å². The second-order valence-corrected chi connectivity index (χ2v) is 8.14. The van der Waals surface area contributed by atoms with Crippen molar-refractivity contribution in [2.75, 3.05) is 25.6 Å². The quantitative estimate of drug-likeness (QED) is 0.161. The first-order chi connectivity index (χ1) is 18.2. The maximum atomic E-state index is 13.0. The lowest BCUT2D eigenvalue weighted by molar-refractivity contribution is -0.386. The molecule has 3 rings (SSSR count). The fourth-order valence-corrected chi connectivity index (χ4v) is 3.30. The summed E-state index contributed by atoms with van der Waals surface area (Å²) in [6, 6.07) is 18.2. The van der Waals surface area contributed by atoms with Crippen LogP contribution in [-0.4, -0.2) is 48.8 Å². The number of carbonyl (C=O) groups excluding carboxylic acids is 2. The number of hydrogen-bond donors (Lipinski definition) is 3. The lowest BCUT2D eigenvalue weighted by atomic mass is 10.1. The normalized spacial score (nSPS) is 11.2. The summed E-state index contributed by atoms with van der Waals surface area (Å²) in [6.45, 7) is 1.84. The van der Waals surface area contributed by atoms with Gasteiger partial charge in [-0.1, -0.05) is 30.3 Å². The number of nitro benzene ring substituents is 1. The van der Waals surface area contributed by atoms with Gasteiger partial charge in [0.05, 0.1) is 17.7 Å². The Morgan fingerprint density at radius 3 is 2.37 bits per heavy atom. The number of nitrogens with one attached hydrogen (secondary N) is 2. The number of rotatable bonds is 10. The van der Waals surface area contributed by atoms with Crippen molar-refractivity contribution in [1.29, 1.82) is 0 Å². The number of carbonyl (C=O) groups is 2. The Morgan fingerprint density at radius 1 is 1.08 bits per heavy atom. The zero-order valence-corrected chi connectivity index (χ0v) is 21.0. The van der Waals surface area contributed by atoms with Crippen LogP contribution in [-0.2, 0) is 4.79 Å². The number of ether oxygens (including phenoxy) is 1. The Balaban J connectivity index is 1.86. The number of phenols is 1. The van der Waals surface area contributed by atoms with Crippen molar-refractivity contribution >= 4 is 35.5 Å². The van der Waals surface area contributed by atoms with E-state index >= 15 is 0 Å². The summed E-state index contributed by atoms with van der Waals surface area (Å²) >= 11 is 0. The van der Waals surface area contributed by atoms with Gasteiger partial charge in [-0.25, -0.2) is 5.43 Å². The molecule has 0 atom stereocenters. The summed E-state index contributed by atoms with van der Waals surface area (Å²) in [5, 5.41) is 27.8. The monoisotopic (exact) mass is 517 g/mol. The van der Waals surface area contributed by atoms with Crippen LogP contribution in [0.5, 0.6) is 11.5 Å². The summed E-state index contributed by atoms with van der Waals surface area (Å²) < 4.78 is 5.25. The van der Waals surface area contributed by atoms with Gasteiger partial charge in [0.25, 0.3) is 11.8 Å². The molecule has 0 bridgehead atoms. The number of phenolic OH excluding ortho intramolecular Hbond substituents is 1. The highest BCUT2D eigenvalue weighted by Crippen LogP contribution is 2.36. The molecular formula is C27H27N5O6. The SMILES string of the molecule is CCOc1cc(C=NNC(=O)C(=Cc2ccc(N(C)C)cc2)NC(=O)c2ccccc2)cc([N+](=O)[O-])c1O. The van der Waals surface area contributed by atoms with Crippen molar-refractivity contribution in [3.05, 3.63) is 99.2 Å². The van der Waals surface area contributed by atoms with Crippen LogP contribution in [0.2, 0.25) is 0 Å². The fraction of sp³-hybridized carbons (Fsp3) is 0.148. The molecule has 0 aliphatic rings. The minimum Gasteiger partial charge on any atom is -0.500 e. The summed E-state index contributed by atoms with van der Waals surface area (Å²) in [6.07, 6.45) is 2.67. The lowest BCUT2D eigenvalue weighted by Gasteiger charge is -2.12. The Hall–Kier alpha value is -5.19. The fourth-order valence-electron chi connectivity index (χ4n) is 3.30. The third-order valence-electron chi connectivity index (χ3n) is 5.20. The molecular weight excluding hydrogens is 490 g/mol. The molecule has 3 N–H and O–H groups in total. The number of anilines is 1. The molecule has 0 radical (unpaired) electrons. The molecule has 0 aliphatic carbocycles. The van der Waals surface area contributed by atoms with E-state index in [1.807, 2.05) is 31.1 Å². The van der Waals surface area contributed by atoms with Crippen molar-refractivity contribution < 1.29 is 24.4 Å². The molecule has 0 aromatic heterocycles. The van der Waals surface area contributed by atoms with Gasteiger partial charge in [-0.2, -0.15) is 5.10 Å². The Labute approximate surface area is 219 Å². The molecule has 2 amide bonds. The van der Waals surface area contributed by atoms with Gasteiger partial charge in [0.2, 0.25) is 5.75 Å². The van der Waals surface area contributed by atoms with Crippen LogP contribution in [0.15, 0.2) is 77.5 Å². The maximum absolute atomic E-state index is 13.0. The molecule has 0 spiro atoms. The van der Waals surface area contributed by atoms with Crippen LogP contribution in [0.4, 0.5) is 11.4 Å². The van der Waals surface area contributed by atoms with Crippen LogP contribution in [0.25, 0.3) is 6.08 Å². The van der Waals surface area contributed by atoms with Gasteiger partial charge in [-0.3, -0.25) is 19.7 Å². The van der Waals surface area contributed by atoms with Gasteiger partial charge < -0.3 is 20.1 Å². The van der Waals surface area contributed by atoms with E-state index < -0.39 is 28.2 Å². The van der Waals surface area contributed by atoms with E-state index in [0.717, 1.165) is 18.0 Å². The molecule has 38 heavy (non-hydrogen) atoms. The molecule has 0 saturated carbocycles. The third-order valence-corrected chi connectivity index (χ3v) is 5.20. The lowest BCUT2D eigenvalue weighted by Crippen LogP contribution is -2.32. The summed E-state index contributed by atoms with van der Waals surface area (Å²) in [7, 11) is 3.81. The van der Waals surface area contributed by atoms with Crippen molar-refractivity contribution in [3.63, 3.8) is 0 Å².